The monoisotopic (exact) mass is 367 g/mol. The molecule has 9 heteroatoms. The largest absolute Gasteiger partial charge is 0.336 e. The van der Waals surface area contributed by atoms with E-state index in [1.54, 1.807) is 29.2 Å². The van der Waals surface area contributed by atoms with Gasteiger partial charge in [0.25, 0.3) is 11.8 Å². The molecule has 140 valence electrons. The Morgan fingerprint density at radius 3 is 2.85 bits per heavy atom. The first-order valence-electron chi connectivity index (χ1n) is 9.07. The van der Waals surface area contributed by atoms with Crippen molar-refractivity contribution in [2.45, 2.75) is 38.6 Å². The number of rotatable bonds is 4. The Kier molecular flexibility index (Phi) is 4.66. The van der Waals surface area contributed by atoms with E-state index in [1.165, 1.54) is 0 Å². The zero-order valence-electron chi connectivity index (χ0n) is 15.3. The highest BCUT2D eigenvalue weighted by Gasteiger charge is 2.27. The van der Waals surface area contributed by atoms with Gasteiger partial charge in [-0.2, -0.15) is 4.98 Å². The smallest absolute Gasteiger partial charge is 0.280 e. The van der Waals surface area contributed by atoms with E-state index in [0.29, 0.717) is 29.5 Å². The van der Waals surface area contributed by atoms with Crippen molar-refractivity contribution in [2.24, 2.45) is 0 Å². The summed E-state index contributed by atoms with van der Waals surface area (Å²) in [6.07, 6.45) is 6.92. The number of likely N-dealkylation sites (tertiary alicyclic amines) is 1. The van der Waals surface area contributed by atoms with Gasteiger partial charge in [0.2, 0.25) is 0 Å². The fourth-order valence-corrected chi connectivity index (χ4v) is 3.16. The number of piperidine rings is 1. The molecule has 1 fully saturated rings. The summed E-state index contributed by atoms with van der Waals surface area (Å²) in [6, 6.07) is 3.54. The molecule has 0 aromatic carbocycles. The number of amides is 1. The van der Waals surface area contributed by atoms with E-state index < -0.39 is 0 Å². The SMILES string of the molecule is CC(C)c1noc(-c2cn(C3CCCN(C(=O)c4ccncc4)C3)nn2)n1. The minimum Gasteiger partial charge on any atom is -0.336 e. The number of pyridine rings is 1. The molecule has 1 unspecified atom stereocenters. The summed E-state index contributed by atoms with van der Waals surface area (Å²) in [5.74, 6) is 1.21. The standard InChI is InChI=1S/C18H21N7O2/c1-12(2)16-20-17(27-22-16)15-11-25(23-21-15)14-4-3-9-24(10-14)18(26)13-5-7-19-8-6-13/h5-8,11-12,14H,3-4,9-10H2,1-2H3. The van der Waals surface area contributed by atoms with Crippen molar-refractivity contribution in [2.75, 3.05) is 13.1 Å². The Morgan fingerprint density at radius 1 is 1.30 bits per heavy atom. The molecule has 0 spiro atoms. The molecule has 4 heterocycles. The van der Waals surface area contributed by atoms with Crippen LogP contribution < -0.4 is 0 Å². The second kappa shape index (κ2) is 7.26. The van der Waals surface area contributed by atoms with E-state index in [-0.39, 0.29) is 17.9 Å². The Bertz CT molecular complexity index is 919. The zero-order valence-corrected chi connectivity index (χ0v) is 15.3. The highest BCUT2D eigenvalue weighted by atomic mass is 16.5. The number of hydrogen-bond donors (Lipinski definition) is 0. The van der Waals surface area contributed by atoms with Gasteiger partial charge in [0.15, 0.2) is 11.5 Å². The molecule has 9 nitrogen and oxygen atoms in total. The number of carbonyl (C=O) groups is 1. The maximum Gasteiger partial charge on any atom is 0.280 e. The lowest BCUT2D eigenvalue weighted by Crippen LogP contribution is -2.40. The van der Waals surface area contributed by atoms with Crippen LogP contribution >= 0.6 is 0 Å². The summed E-state index contributed by atoms with van der Waals surface area (Å²) >= 11 is 0. The van der Waals surface area contributed by atoms with Gasteiger partial charge in [-0.05, 0) is 25.0 Å². The average molecular weight is 367 g/mol. The van der Waals surface area contributed by atoms with Crippen molar-refractivity contribution in [3.05, 3.63) is 42.1 Å². The Balaban J connectivity index is 1.49. The molecule has 0 radical (unpaired) electrons. The molecule has 27 heavy (non-hydrogen) atoms. The second-order valence-corrected chi connectivity index (χ2v) is 6.98. The predicted molar refractivity (Wildman–Crippen MR) is 95.8 cm³/mol. The number of carbonyl (C=O) groups excluding carboxylic acids is 1. The number of aromatic nitrogens is 6. The van der Waals surface area contributed by atoms with Crippen LogP contribution in [0.2, 0.25) is 0 Å². The van der Waals surface area contributed by atoms with Gasteiger partial charge < -0.3 is 9.42 Å². The van der Waals surface area contributed by atoms with Crippen molar-refractivity contribution in [1.82, 2.24) is 35.0 Å². The first kappa shape index (κ1) is 17.3. The summed E-state index contributed by atoms with van der Waals surface area (Å²) < 4.78 is 7.07. The molecule has 0 saturated carbocycles. The predicted octanol–water partition coefficient (Wildman–Crippen LogP) is 2.32. The van der Waals surface area contributed by atoms with Gasteiger partial charge in [-0.1, -0.05) is 24.2 Å². The van der Waals surface area contributed by atoms with Crippen LogP contribution in [0.15, 0.2) is 35.2 Å². The first-order valence-corrected chi connectivity index (χ1v) is 9.07. The average Bonchev–Trinajstić information content (AvgIpc) is 3.38. The van der Waals surface area contributed by atoms with Gasteiger partial charge in [0, 0.05) is 37.0 Å². The van der Waals surface area contributed by atoms with E-state index in [2.05, 4.69) is 25.4 Å². The van der Waals surface area contributed by atoms with E-state index >= 15 is 0 Å². The van der Waals surface area contributed by atoms with Crippen LogP contribution in [0.5, 0.6) is 0 Å². The molecule has 0 aliphatic carbocycles. The zero-order chi connectivity index (χ0) is 18.8. The summed E-state index contributed by atoms with van der Waals surface area (Å²) in [5, 5.41) is 12.4. The summed E-state index contributed by atoms with van der Waals surface area (Å²) in [5.41, 5.74) is 1.20. The summed E-state index contributed by atoms with van der Waals surface area (Å²) in [7, 11) is 0. The summed E-state index contributed by atoms with van der Waals surface area (Å²) in [6.45, 7) is 5.33. The van der Waals surface area contributed by atoms with Gasteiger partial charge in [0.1, 0.15) is 0 Å². The first-order chi connectivity index (χ1) is 13.1. The van der Waals surface area contributed by atoms with Crippen molar-refractivity contribution in [3.8, 4) is 11.6 Å². The maximum atomic E-state index is 12.7. The minimum atomic E-state index is 0.0147. The van der Waals surface area contributed by atoms with E-state index in [1.807, 2.05) is 24.9 Å². The molecule has 1 aliphatic rings. The lowest BCUT2D eigenvalue weighted by atomic mass is 10.0. The molecule has 0 N–H and O–H groups in total. The third-order valence-electron chi connectivity index (χ3n) is 4.67. The Morgan fingerprint density at radius 2 is 2.11 bits per heavy atom. The lowest BCUT2D eigenvalue weighted by molar-refractivity contribution is 0.0671. The van der Waals surface area contributed by atoms with Crippen LogP contribution in [0.3, 0.4) is 0 Å². The molecule has 1 aliphatic heterocycles. The fourth-order valence-electron chi connectivity index (χ4n) is 3.16. The molecular formula is C18H21N7O2. The van der Waals surface area contributed by atoms with Gasteiger partial charge >= 0.3 is 0 Å². The van der Waals surface area contributed by atoms with Crippen LogP contribution in [0.25, 0.3) is 11.6 Å². The second-order valence-electron chi connectivity index (χ2n) is 6.98. The van der Waals surface area contributed by atoms with Gasteiger partial charge in [-0.15, -0.1) is 5.10 Å². The molecule has 1 saturated heterocycles. The third kappa shape index (κ3) is 3.57. The lowest BCUT2D eigenvalue weighted by Gasteiger charge is -2.32. The van der Waals surface area contributed by atoms with E-state index in [0.717, 1.165) is 19.4 Å². The van der Waals surface area contributed by atoms with Crippen LogP contribution in [-0.2, 0) is 0 Å². The normalized spacial score (nSPS) is 17.4. The minimum absolute atomic E-state index is 0.0147. The number of hydrogen-bond acceptors (Lipinski definition) is 7. The Hall–Kier alpha value is -3.10. The molecule has 3 aromatic heterocycles. The van der Waals surface area contributed by atoms with Crippen LogP contribution in [0.4, 0.5) is 0 Å². The highest BCUT2D eigenvalue weighted by molar-refractivity contribution is 5.94. The Labute approximate surface area is 156 Å². The van der Waals surface area contributed by atoms with Crippen molar-refractivity contribution >= 4 is 5.91 Å². The van der Waals surface area contributed by atoms with Crippen molar-refractivity contribution in [3.63, 3.8) is 0 Å². The van der Waals surface area contributed by atoms with Crippen molar-refractivity contribution in [1.29, 1.82) is 0 Å². The quantitative estimate of drug-likeness (QED) is 0.697. The topological polar surface area (TPSA) is 103 Å². The maximum absolute atomic E-state index is 12.7. The summed E-state index contributed by atoms with van der Waals surface area (Å²) in [4.78, 5) is 22.9. The number of nitrogens with zero attached hydrogens (tertiary/aromatic N) is 7. The highest BCUT2D eigenvalue weighted by Crippen LogP contribution is 2.24. The van der Waals surface area contributed by atoms with Gasteiger partial charge in [0.05, 0.1) is 12.2 Å². The van der Waals surface area contributed by atoms with Crippen LogP contribution in [-0.4, -0.2) is 54.0 Å². The van der Waals surface area contributed by atoms with E-state index in [4.69, 9.17) is 4.52 Å². The molecule has 3 aromatic rings. The molecule has 1 atom stereocenters. The molecule has 4 rings (SSSR count). The fraction of sp³-hybridized carbons (Fsp3) is 0.444. The molecule has 1 amide bonds. The van der Waals surface area contributed by atoms with Crippen LogP contribution in [0, 0.1) is 0 Å². The molecular weight excluding hydrogens is 346 g/mol. The third-order valence-corrected chi connectivity index (χ3v) is 4.67. The van der Waals surface area contributed by atoms with Crippen LogP contribution in [0.1, 0.15) is 54.8 Å². The van der Waals surface area contributed by atoms with Crippen molar-refractivity contribution < 1.29 is 9.32 Å². The van der Waals surface area contributed by atoms with Gasteiger partial charge in [-0.3, -0.25) is 9.78 Å². The molecule has 0 bridgehead atoms. The van der Waals surface area contributed by atoms with Gasteiger partial charge in [-0.25, -0.2) is 4.68 Å². The van der Waals surface area contributed by atoms with E-state index in [9.17, 15) is 4.79 Å².